The molecule has 0 saturated heterocycles. The molecule has 0 spiro atoms. The maximum Gasteiger partial charge on any atom is 0.422 e. The number of halogens is 3. The number of benzene rings is 1. The van der Waals surface area contributed by atoms with E-state index in [-0.39, 0.29) is 12.3 Å². The van der Waals surface area contributed by atoms with Crippen LogP contribution in [0.1, 0.15) is 11.3 Å². The minimum atomic E-state index is -4.37. The van der Waals surface area contributed by atoms with Crippen LogP contribution >= 0.6 is 0 Å². The smallest absolute Gasteiger partial charge is 0.422 e. The van der Waals surface area contributed by atoms with Gasteiger partial charge in [-0.1, -0.05) is 18.2 Å². The van der Waals surface area contributed by atoms with E-state index in [2.05, 4.69) is 15.6 Å². The highest BCUT2D eigenvalue weighted by Gasteiger charge is 2.28. The van der Waals surface area contributed by atoms with Crippen LogP contribution in [-0.2, 0) is 13.0 Å². The Balaban J connectivity index is 1.84. The third-order valence-corrected chi connectivity index (χ3v) is 3.28. The first kappa shape index (κ1) is 18.7. The lowest BCUT2D eigenvalue weighted by Crippen LogP contribution is -2.37. The van der Waals surface area contributed by atoms with E-state index >= 15 is 0 Å². The van der Waals surface area contributed by atoms with Gasteiger partial charge in [-0.15, -0.1) is 0 Å². The molecule has 25 heavy (non-hydrogen) atoms. The summed E-state index contributed by atoms with van der Waals surface area (Å²) < 4.78 is 47.1. The minimum Gasteiger partial charge on any atom is -0.484 e. The number of alkyl halides is 3. The van der Waals surface area contributed by atoms with Crippen molar-refractivity contribution in [2.45, 2.75) is 19.1 Å². The molecule has 0 aliphatic carbocycles. The number of hydrogen-bond acceptors (Lipinski definition) is 3. The first-order chi connectivity index (χ1) is 12.0. The topological polar surface area (TPSA) is 58.8 Å². The van der Waals surface area contributed by atoms with Crippen molar-refractivity contribution in [2.75, 3.05) is 20.2 Å². The number of furan rings is 1. The van der Waals surface area contributed by atoms with Gasteiger partial charge in [0.2, 0.25) is 0 Å². The summed E-state index contributed by atoms with van der Waals surface area (Å²) in [6.07, 6.45) is -2.07. The quantitative estimate of drug-likeness (QED) is 0.592. The van der Waals surface area contributed by atoms with E-state index in [1.165, 1.54) is 6.07 Å². The average molecular weight is 355 g/mol. The fourth-order valence-electron chi connectivity index (χ4n) is 2.11. The predicted molar refractivity (Wildman–Crippen MR) is 88.6 cm³/mol. The molecule has 0 atom stereocenters. The number of guanidine groups is 1. The zero-order valence-electron chi connectivity index (χ0n) is 13.8. The van der Waals surface area contributed by atoms with Gasteiger partial charge in [-0.2, -0.15) is 13.2 Å². The molecule has 2 rings (SSSR count). The molecule has 2 aromatic rings. The summed E-state index contributed by atoms with van der Waals surface area (Å²) in [5, 5.41) is 6.16. The summed E-state index contributed by atoms with van der Waals surface area (Å²) in [7, 11) is 1.62. The molecular weight excluding hydrogens is 335 g/mol. The summed E-state index contributed by atoms with van der Waals surface area (Å²) in [6, 6.07) is 10.3. The van der Waals surface area contributed by atoms with Crippen LogP contribution in [-0.4, -0.2) is 32.3 Å². The van der Waals surface area contributed by atoms with Crippen molar-refractivity contribution in [1.82, 2.24) is 10.6 Å². The van der Waals surface area contributed by atoms with Crippen LogP contribution in [0.2, 0.25) is 0 Å². The number of hydrogen-bond donors (Lipinski definition) is 2. The minimum absolute atomic E-state index is 0.193. The Hall–Kier alpha value is -2.64. The molecule has 0 saturated carbocycles. The molecular formula is C17H20F3N3O2. The van der Waals surface area contributed by atoms with E-state index in [1.54, 1.807) is 31.5 Å². The molecule has 0 radical (unpaired) electrons. The van der Waals surface area contributed by atoms with Gasteiger partial charge in [0, 0.05) is 32.1 Å². The third kappa shape index (κ3) is 6.78. The molecule has 2 N–H and O–H groups in total. The third-order valence-electron chi connectivity index (χ3n) is 3.28. The van der Waals surface area contributed by atoms with Crippen molar-refractivity contribution >= 4 is 5.96 Å². The molecule has 0 amide bonds. The number of ether oxygens (including phenoxy) is 1. The fourth-order valence-corrected chi connectivity index (χ4v) is 2.11. The largest absolute Gasteiger partial charge is 0.484 e. The van der Waals surface area contributed by atoms with E-state index in [9.17, 15) is 13.2 Å². The maximum absolute atomic E-state index is 12.3. The van der Waals surface area contributed by atoms with Gasteiger partial charge in [-0.3, -0.25) is 4.99 Å². The molecule has 8 heteroatoms. The monoisotopic (exact) mass is 355 g/mol. The van der Waals surface area contributed by atoms with Gasteiger partial charge in [0.25, 0.3) is 0 Å². The summed E-state index contributed by atoms with van der Waals surface area (Å²) in [5.41, 5.74) is 0.612. The van der Waals surface area contributed by atoms with E-state index < -0.39 is 12.8 Å². The molecule has 0 fully saturated rings. The van der Waals surface area contributed by atoms with Gasteiger partial charge in [-0.05, 0) is 18.2 Å². The Kier molecular flexibility index (Phi) is 6.73. The summed E-state index contributed by atoms with van der Waals surface area (Å²) in [6.45, 7) is -0.423. The van der Waals surface area contributed by atoms with E-state index in [0.717, 1.165) is 5.76 Å². The lowest BCUT2D eigenvalue weighted by Gasteiger charge is -2.15. The molecule has 0 aliphatic rings. The van der Waals surface area contributed by atoms with E-state index in [0.29, 0.717) is 24.5 Å². The second kappa shape index (κ2) is 9.00. The van der Waals surface area contributed by atoms with E-state index in [4.69, 9.17) is 9.15 Å². The van der Waals surface area contributed by atoms with Crippen LogP contribution < -0.4 is 15.4 Å². The van der Waals surface area contributed by atoms with Crippen LogP contribution in [0.3, 0.4) is 0 Å². The van der Waals surface area contributed by atoms with E-state index in [1.807, 2.05) is 12.1 Å². The zero-order chi connectivity index (χ0) is 18.1. The maximum atomic E-state index is 12.3. The molecule has 5 nitrogen and oxygen atoms in total. The Morgan fingerprint density at radius 3 is 2.64 bits per heavy atom. The lowest BCUT2D eigenvalue weighted by molar-refractivity contribution is -0.153. The summed E-state index contributed by atoms with van der Waals surface area (Å²) >= 11 is 0. The van der Waals surface area contributed by atoms with Crippen LogP contribution in [0.4, 0.5) is 13.2 Å². The molecule has 0 aliphatic heterocycles. The van der Waals surface area contributed by atoms with Crippen molar-refractivity contribution in [3.63, 3.8) is 0 Å². The van der Waals surface area contributed by atoms with Gasteiger partial charge in [0.1, 0.15) is 11.5 Å². The van der Waals surface area contributed by atoms with Crippen LogP contribution in [0.15, 0.2) is 52.1 Å². The SMILES string of the molecule is CN=C(NCCc1ccco1)NCc1ccccc1OCC(F)(F)F. The lowest BCUT2D eigenvalue weighted by atomic mass is 10.2. The number of nitrogens with one attached hydrogen (secondary N) is 2. The standard InChI is InChI=1S/C17H20F3N3O2/c1-21-16(22-9-8-14-6-4-10-24-14)23-11-13-5-2-3-7-15(13)25-12-17(18,19)20/h2-7,10H,8-9,11-12H2,1H3,(H2,21,22,23). The van der Waals surface area contributed by atoms with Gasteiger partial charge in [-0.25, -0.2) is 0 Å². The number of nitrogens with zero attached hydrogens (tertiary/aromatic N) is 1. The van der Waals surface area contributed by atoms with Crippen molar-refractivity contribution in [3.8, 4) is 5.75 Å². The molecule has 0 bridgehead atoms. The van der Waals surface area contributed by atoms with Gasteiger partial charge in [0.05, 0.1) is 6.26 Å². The van der Waals surface area contributed by atoms with Gasteiger partial charge in [0.15, 0.2) is 12.6 Å². The molecule has 1 aromatic carbocycles. The van der Waals surface area contributed by atoms with Crippen LogP contribution in [0.25, 0.3) is 0 Å². The van der Waals surface area contributed by atoms with Crippen molar-refractivity contribution in [1.29, 1.82) is 0 Å². The average Bonchev–Trinajstić information content (AvgIpc) is 3.09. The van der Waals surface area contributed by atoms with Crippen molar-refractivity contribution < 1.29 is 22.3 Å². The first-order valence-electron chi connectivity index (χ1n) is 7.72. The Morgan fingerprint density at radius 1 is 1.16 bits per heavy atom. The first-order valence-corrected chi connectivity index (χ1v) is 7.72. The number of rotatable bonds is 7. The van der Waals surface area contributed by atoms with Crippen molar-refractivity contribution in [3.05, 3.63) is 54.0 Å². The number of para-hydroxylation sites is 1. The second-order valence-electron chi connectivity index (χ2n) is 5.19. The Morgan fingerprint density at radius 2 is 1.96 bits per heavy atom. The molecule has 136 valence electrons. The molecule has 1 heterocycles. The normalized spacial score (nSPS) is 12.1. The summed E-state index contributed by atoms with van der Waals surface area (Å²) in [4.78, 5) is 4.08. The highest BCUT2D eigenvalue weighted by molar-refractivity contribution is 5.79. The Bertz CT molecular complexity index is 670. The molecule has 1 aromatic heterocycles. The van der Waals surface area contributed by atoms with Gasteiger partial charge < -0.3 is 19.8 Å². The predicted octanol–water partition coefficient (Wildman–Crippen LogP) is 3.13. The fraction of sp³-hybridized carbons (Fsp3) is 0.353. The highest BCUT2D eigenvalue weighted by Crippen LogP contribution is 2.22. The van der Waals surface area contributed by atoms with Gasteiger partial charge >= 0.3 is 6.18 Å². The zero-order valence-corrected chi connectivity index (χ0v) is 13.8. The second-order valence-corrected chi connectivity index (χ2v) is 5.19. The van der Waals surface area contributed by atoms with Crippen LogP contribution in [0.5, 0.6) is 5.75 Å². The molecule has 0 unspecified atom stereocenters. The van der Waals surface area contributed by atoms with Crippen molar-refractivity contribution in [2.24, 2.45) is 4.99 Å². The Labute approximate surface area is 143 Å². The van der Waals surface area contributed by atoms with Crippen LogP contribution in [0, 0.1) is 0 Å². The summed E-state index contributed by atoms with van der Waals surface area (Å²) in [5.74, 6) is 1.59. The number of aliphatic imine (C=N–C) groups is 1. The highest BCUT2D eigenvalue weighted by atomic mass is 19.4.